The first-order chi connectivity index (χ1) is 16.7. The average molecular weight is 553 g/mol. The maximum absolute atomic E-state index is 13.7. The zero-order valence-electron chi connectivity index (χ0n) is 19.6. The van der Waals surface area contributed by atoms with Gasteiger partial charge in [0.2, 0.25) is 0 Å². The van der Waals surface area contributed by atoms with Crippen LogP contribution >= 0.6 is 22.7 Å². The van der Waals surface area contributed by atoms with Crippen LogP contribution < -0.4 is 113 Å². The second kappa shape index (κ2) is 10.8. The summed E-state index contributed by atoms with van der Waals surface area (Å²) in [6.45, 7) is 0. The van der Waals surface area contributed by atoms with E-state index in [9.17, 15) is 10.2 Å². The van der Waals surface area contributed by atoms with E-state index in [4.69, 9.17) is 9.97 Å². The van der Waals surface area contributed by atoms with Gasteiger partial charge >= 0.3 is 103 Å². The molecule has 8 heteroatoms. The number of rotatable bonds is 2. The standard InChI is InChI=1S/C28H16N2O2S2.2K/c31-23-18-12-14-20-26(34-28(30-20)16-9-5-2-6-10-16)22(18)24(32)17-11-13-19-25(21(17)23)33-27(29-19)15-7-3-1-4-8-15;;/h1-14,31-32H;;/q;2*+1/p-2. The fourth-order valence-electron chi connectivity index (χ4n) is 4.49. The number of benzene rings is 5. The van der Waals surface area contributed by atoms with Gasteiger partial charge in [-0.2, -0.15) is 0 Å². The topological polar surface area (TPSA) is 71.9 Å². The molecule has 2 heterocycles. The van der Waals surface area contributed by atoms with Gasteiger partial charge in [-0.1, -0.05) is 84.3 Å². The monoisotopic (exact) mass is 552 g/mol. The molecule has 4 nitrogen and oxygen atoms in total. The zero-order chi connectivity index (χ0) is 22.8. The molecule has 7 rings (SSSR count). The van der Waals surface area contributed by atoms with Crippen molar-refractivity contribution in [1.82, 2.24) is 9.97 Å². The molecule has 2 aromatic heterocycles. The molecule has 0 saturated heterocycles. The Balaban J connectivity index is 0.00000133. The van der Waals surface area contributed by atoms with Gasteiger partial charge in [-0.05, 0) is 33.7 Å². The fourth-order valence-corrected chi connectivity index (χ4v) is 6.72. The van der Waals surface area contributed by atoms with Crippen molar-refractivity contribution in [2.75, 3.05) is 0 Å². The van der Waals surface area contributed by atoms with Gasteiger partial charge in [0.1, 0.15) is 10.0 Å². The van der Waals surface area contributed by atoms with Gasteiger partial charge < -0.3 is 10.2 Å². The minimum atomic E-state index is -0.130. The van der Waals surface area contributed by atoms with Crippen LogP contribution in [0.25, 0.3) is 63.1 Å². The molecule has 0 bridgehead atoms. The summed E-state index contributed by atoms with van der Waals surface area (Å²) in [6.07, 6.45) is 0. The van der Waals surface area contributed by atoms with E-state index in [2.05, 4.69) is 0 Å². The van der Waals surface area contributed by atoms with Crippen LogP contribution in [0.2, 0.25) is 0 Å². The molecule has 0 saturated carbocycles. The van der Waals surface area contributed by atoms with Crippen molar-refractivity contribution < 1.29 is 113 Å². The summed E-state index contributed by atoms with van der Waals surface area (Å²) in [7, 11) is 0. The van der Waals surface area contributed by atoms with Gasteiger partial charge in [-0.3, -0.25) is 0 Å². The van der Waals surface area contributed by atoms with Crippen LogP contribution in [0.1, 0.15) is 0 Å². The van der Waals surface area contributed by atoms with Crippen LogP contribution in [0.3, 0.4) is 0 Å². The Morgan fingerprint density at radius 2 is 0.889 bits per heavy atom. The van der Waals surface area contributed by atoms with Crippen LogP contribution in [-0.2, 0) is 0 Å². The smallest absolute Gasteiger partial charge is 0.872 e. The number of fused-ring (bicyclic) bond motifs is 6. The van der Waals surface area contributed by atoms with Crippen molar-refractivity contribution in [3.05, 3.63) is 84.9 Å². The number of thiazole rings is 2. The second-order valence-corrected chi connectivity index (χ2v) is 10.1. The van der Waals surface area contributed by atoms with E-state index in [-0.39, 0.29) is 114 Å². The molecule has 0 atom stereocenters. The van der Waals surface area contributed by atoms with Crippen LogP contribution in [0.4, 0.5) is 0 Å². The van der Waals surface area contributed by atoms with Crippen molar-refractivity contribution in [2.45, 2.75) is 0 Å². The number of nitrogens with zero attached hydrogens (tertiary/aromatic N) is 2. The molecule has 0 spiro atoms. The third-order valence-electron chi connectivity index (χ3n) is 6.10. The normalized spacial score (nSPS) is 11.1. The summed E-state index contributed by atoms with van der Waals surface area (Å²) < 4.78 is 1.52. The molecule has 0 aliphatic carbocycles. The molecule has 0 radical (unpaired) electrons. The number of hydrogen-bond donors (Lipinski definition) is 0. The Morgan fingerprint density at radius 3 is 1.28 bits per heavy atom. The Morgan fingerprint density at radius 1 is 0.500 bits per heavy atom. The summed E-state index contributed by atoms with van der Waals surface area (Å²) in [5, 5.41) is 31.0. The Bertz CT molecular complexity index is 1750. The van der Waals surface area contributed by atoms with Gasteiger partial charge in [0.15, 0.2) is 0 Å². The average Bonchev–Trinajstić information content (AvgIpc) is 3.52. The third kappa shape index (κ3) is 4.35. The first kappa shape index (κ1) is 26.9. The predicted molar refractivity (Wildman–Crippen MR) is 138 cm³/mol. The molecule has 0 fully saturated rings. The van der Waals surface area contributed by atoms with Gasteiger partial charge in [0.25, 0.3) is 0 Å². The molecule has 5 aromatic carbocycles. The van der Waals surface area contributed by atoms with Gasteiger partial charge in [-0.25, -0.2) is 9.97 Å². The largest absolute Gasteiger partial charge is 1.00 e. The van der Waals surface area contributed by atoms with Gasteiger partial charge in [0.05, 0.1) is 20.4 Å². The fraction of sp³-hybridized carbons (Fsp3) is 0. The van der Waals surface area contributed by atoms with Crippen molar-refractivity contribution in [3.8, 4) is 32.6 Å². The second-order valence-electron chi connectivity index (χ2n) is 8.10. The van der Waals surface area contributed by atoms with E-state index < -0.39 is 0 Å². The Hall–Kier alpha value is -0.727. The van der Waals surface area contributed by atoms with Crippen molar-refractivity contribution >= 4 is 64.7 Å². The van der Waals surface area contributed by atoms with Crippen LogP contribution in [-0.4, -0.2) is 9.97 Å². The summed E-state index contributed by atoms with van der Waals surface area (Å²) in [4.78, 5) is 9.48. The van der Waals surface area contributed by atoms with E-state index in [1.807, 2.05) is 72.8 Å². The predicted octanol–water partition coefficient (Wildman–Crippen LogP) is 0.702. The molecule has 0 aliphatic heterocycles. The van der Waals surface area contributed by atoms with Crippen LogP contribution in [0.15, 0.2) is 84.9 Å². The van der Waals surface area contributed by atoms with E-state index in [0.717, 1.165) is 41.6 Å². The zero-order valence-corrected chi connectivity index (χ0v) is 27.5. The molecule has 0 unspecified atom stereocenters. The molecular formula is C28H14K2N2O2S2. The van der Waals surface area contributed by atoms with E-state index >= 15 is 0 Å². The third-order valence-corrected chi connectivity index (χ3v) is 8.38. The molecule has 0 N–H and O–H groups in total. The molecule has 0 aliphatic rings. The molecule has 0 amide bonds. The Labute approximate surface area is 299 Å². The molecular weight excluding hydrogens is 539 g/mol. The first-order valence-electron chi connectivity index (χ1n) is 10.8. The van der Waals surface area contributed by atoms with Gasteiger partial charge in [0, 0.05) is 11.1 Å². The van der Waals surface area contributed by atoms with Crippen LogP contribution in [0, 0.1) is 0 Å². The number of hydrogen-bond acceptors (Lipinski definition) is 6. The van der Waals surface area contributed by atoms with Gasteiger partial charge in [-0.15, -0.1) is 22.7 Å². The first-order valence-corrected chi connectivity index (χ1v) is 12.4. The van der Waals surface area contributed by atoms with Crippen LogP contribution in [0.5, 0.6) is 11.5 Å². The summed E-state index contributed by atoms with van der Waals surface area (Å²) in [5.74, 6) is -0.259. The van der Waals surface area contributed by atoms with E-state index in [0.29, 0.717) is 21.5 Å². The maximum Gasteiger partial charge on any atom is 1.00 e. The molecule has 7 aromatic rings. The summed E-state index contributed by atoms with van der Waals surface area (Å²) >= 11 is 2.91. The maximum atomic E-state index is 13.7. The van der Waals surface area contributed by atoms with Crippen molar-refractivity contribution in [3.63, 3.8) is 0 Å². The van der Waals surface area contributed by atoms with Crippen molar-refractivity contribution in [2.24, 2.45) is 0 Å². The van der Waals surface area contributed by atoms with E-state index in [1.54, 1.807) is 12.1 Å². The quantitative estimate of drug-likeness (QED) is 0.234. The molecule has 36 heavy (non-hydrogen) atoms. The summed E-state index contributed by atoms with van der Waals surface area (Å²) in [5.41, 5.74) is 3.45. The Kier molecular flexibility index (Phi) is 8.06. The van der Waals surface area contributed by atoms with E-state index in [1.165, 1.54) is 22.7 Å². The number of aromatic nitrogens is 2. The SMILES string of the molecule is [K+].[K+].[O-]c1c2ccc3nc(-c4ccccc4)sc3c2c([O-])c2ccc3nc(-c4ccccc4)sc3c12. The summed E-state index contributed by atoms with van der Waals surface area (Å²) in [6, 6.07) is 26.9. The minimum absolute atomic E-state index is 0. The van der Waals surface area contributed by atoms with Crippen molar-refractivity contribution in [1.29, 1.82) is 0 Å². The molecule has 162 valence electrons. The minimum Gasteiger partial charge on any atom is -0.872 e.